The minimum atomic E-state index is -0.475. The number of thioether (sulfide) groups is 1. The number of carbonyl (C=O) groups is 1. The summed E-state index contributed by atoms with van der Waals surface area (Å²) in [7, 11) is 0. The van der Waals surface area contributed by atoms with Gasteiger partial charge in [0, 0.05) is 16.5 Å². The van der Waals surface area contributed by atoms with Gasteiger partial charge in [-0.15, -0.1) is 5.10 Å². The quantitative estimate of drug-likeness (QED) is 0.195. The monoisotopic (exact) mass is 512 g/mol. The molecular weight excluding hydrogens is 484 g/mol. The normalized spacial score (nSPS) is 14.9. The molecule has 4 rings (SSSR count). The number of unbranched alkanes of at least 4 members (excludes halogenated alkanes) is 1. The maximum Gasteiger partial charge on any atom is 0.338 e. The molecule has 184 valence electrons. The van der Waals surface area contributed by atoms with Crippen molar-refractivity contribution < 1.29 is 14.3 Å². The van der Waals surface area contributed by atoms with E-state index >= 15 is 0 Å². The smallest absolute Gasteiger partial charge is 0.338 e. The zero-order chi connectivity index (χ0) is 24.8. The Morgan fingerprint density at radius 2 is 1.94 bits per heavy atom. The van der Waals surface area contributed by atoms with Crippen molar-refractivity contribution in [2.45, 2.75) is 50.6 Å². The number of hydrogen-bond acceptors (Lipinski definition) is 7. The summed E-state index contributed by atoms with van der Waals surface area (Å²) in [6.07, 6.45) is 2.08. The van der Waals surface area contributed by atoms with Gasteiger partial charge in [0.05, 0.1) is 18.8 Å². The zero-order valence-electron chi connectivity index (χ0n) is 20.1. The zero-order valence-corrected chi connectivity index (χ0v) is 21.7. The third-order valence-electron chi connectivity index (χ3n) is 5.61. The van der Waals surface area contributed by atoms with Gasteiger partial charge in [-0.25, -0.2) is 9.48 Å². The number of fused-ring (bicyclic) bond motifs is 1. The van der Waals surface area contributed by atoms with Crippen molar-refractivity contribution in [3.63, 3.8) is 0 Å². The maximum absolute atomic E-state index is 13.0. The fourth-order valence-electron chi connectivity index (χ4n) is 3.81. The van der Waals surface area contributed by atoms with Gasteiger partial charge in [0.25, 0.3) is 0 Å². The van der Waals surface area contributed by atoms with E-state index in [0.717, 1.165) is 29.7 Å². The van der Waals surface area contributed by atoms with Crippen LogP contribution >= 0.6 is 23.4 Å². The van der Waals surface area contributed by atoms with E-state index in [1.165, 1.54) is 11.8 Å². The van der Waals surface area contributed by atoms with Crippen LogP contribution in [0.2, 0.25) is 5.02 Å². The Labute approximate surface area is 214 Å². The number of allylic oxidation sites excluding steroid dienone is 1. The van der Waals surface area contributed by atoms with Gasteiger partial charge < -0.3 is 14.8 Å². The molecular formula is C26H29ClN4O3S. The molecule has 1 unspecified atom stereocenters. The maximum atomic E-state index is 13.0. The van der Waals surface area contributed by atoms with E-state index in [0.29, 0.717) is 39.8 Å². The molecule has 1 atom stereocenters. The van der Waals surface area contributed by atoms with Crippen molar-refractivity contribution in [3.05, 3.63) is 76.0 Å². The third kappa shape index (κ3) is 5.82. The second-order valence-electron chi connectivity index (χ2n) is 8.10. The lowest BCUT2D eigenvalue weighted by Gasteiger charge is -2.28. The van der Waals surface area contributed by atoms with Gasteiger partial charge in [0.15, 0.2) is 0 Å². The molecule has 9 heteroatoms. The van der Waals surface area contributed by atoms with Gasteiger partial charge in [0.1, 0.15) is 11.8 Å². The number of nitrogens with one attached hydrogen (secondary N) is 1. The fraction of sp³-hybridized carbons (Fsp3) is 0.346. The van der Waals surface area contributed by atoms with Crippen LogP contribution in [0, 0.1) is 0 Å². The summed E-state index contributed by atoms with van der Waals surface area (Å²) in [5, 5.41) is 9.29. The highest BCUT2D eigenvalue weighted by Crippen LogP contribution is 2.37. The summed E-state index contributed by atoms with van der Waals surface area (Å²) in [5.41, 5.74) is 3.10. The van der Waals surface area contributed by atoms with Crippen LogP contribution in [0.4, 0.5) is 5.95 Å². The van der Waals surface area contributed by atoms with Crippen molar-refractivity contribution in [1.82, 2.24) is 14.8 Å². The topological polar surface area (TPSA) is 78.3 Å². The molecule has 2 aromatic carbocycles. The van der Waals surface area contributed by atoms with Crippen molar-refractivity contribution in [2.75, 3.05) is 18.5 Å². The molecule has 7 nitrogen and oxygen atoms in total. The molecule has 35 heavy (non-hydrogen) atoms. The molecule has 0 aliphatic carbocycles. The molecule has 0 saturated carbocycles. The number of ether oxygens (including phenoxy) is 2. The Balaban J connectivity index is 1.64. The van der Waals surface area contributed by atoms with Crippen molar-refractivity contribution >= 4 is 35.3 Å². The summed E-state index contributed by atoms with van der Waals surface area (Å²) in [6.45, 7) is 6.75. The lowest BCUT2D eigenvalue weighted by atomic mass is 9.96. The third-order valence-corrected chi connectivity index (χ3v) is 6.86. The average Bonchev–Trinajstić information content (AvgIpc) is 3.26. The van der Waals surface area contributed by atoms with Crippen molar-refractivity contribution in [3.8, 4) is 5.75 Å². The number of anilines is 1. The van der Waals surface area contributed by atoms with Crippen LogP contribution in [0.15, 0.2) is 65.0 Å². The molecule has 0 saturated heterocycles. The van der Waals surface area contributed by atoms with E-state index in [-0.39, 0.29) is 12.6 Å². The lowest BCUT2D eigenvalue weighted by Crippen LogP contribution is -2.29. The van der Waals surface area contributed by atoms with Gasteiger partial charge in [0.2, 0.25) is 11.1 Å². The first-order valence-corrected chi connectivity index (χ1v) is 13.1. The van der Waals surface area contributed by atoms with E-state index in [2.05, 4.69) is 17.2 Å². The van der Waals surface area contributed by atoms with Crippen molar-refractivity contribution in [2.24, 2.45) is 0 Å². The number of halogens is 1. The number of carbonyl (C=O) groups excluding carboxylic acids is 1. The fourth-order valence-corrected chi connectivity index (χ4v) is 4.93. The largest absolute Gasteiger partial charge is 0.494 e. The van der Waals surface area contributed by atoms with Crippen LogP contribution in [0.1, 0.15) is 50.8 Å². The van der Waals surface area contributed by atoms with Crippen LogP contribution in [0.5, 0.6) is 5.75 Å². The highest BCUT2D eigenvalue weighted by Gasteiger charge is 2.35. The molecule has 1 aromatic heterocycles. The minimum absolute atomic E-state index is 0.287. The summed E-state index contributed by atoms with van der Waals surface area (Å²) in [6, 6.07) is 15.0. The van der Waals surface area contributed by atoms with Crippen molar-refractivity contribution in [1.29, 1.82) is 0 Å². The highest BCUT2D eigenvalue weighted by atomic mass is 35.5. The first kappa shape index (κ1) is 25.1. The summed E-state index contributed by atoms with van der Waals surface area (Å²) >= 11 is 7.80. The minimum Gasteiger partial charge on any atom is -0.494 e. The molecule has 0 spiro atoms. The molecule has 3 aromatic rings. The molecule has 1 aliphatic rings. The molecule has 0 radical (unpaired) electrons. The molecule has 1 aliphatic heterocycles. The summed E-state index contributed by atoms with van der Waals surface area (Å²) in [4.78, 5) is 17.7. The average molecular weight is 513 g/mol. The van der Waals surface area contributed by atoms with Crippen LogP contribution in [-0.2, 0) is 15.3 Å². The highest BCUT2D eigenvalue weighted by molar-refractivity contribution is 7.98. The van der Waals surface area contributed by atoms with Crippen LogP contribution in [0.25, 0.3) is 0 Å². The standard InChI is InChI=1S/C26H29ClN4O3S/c1-4-6-15-34-20-13-11-18(12-14-20)23-22(24(32)33-5-2)17(3)28-25-29-26(30-31(23)25)35-16-19-9-7-8-10-21(19)27/h7-14,23H,4-6,15-16H2,1-3H3,(H,28,29,30). The summed E-state index contributed by atoms with van der Waals surface area (Å²) < 4.78 is 13.0. The molecule has 0 amide bonds. The van der Waals surface area contributed by atoms with E-state index in [1.54, 1.807) is 11.6 Å². The van der Waals surface area contributed by atoms with Gasteiger partial charge >= 0.3 is 5.97 Å². The number of benzene rings is 2. The van der Waals surface area contributed by atoms with E-state index in [9.17, 15) is 4.79 Å². The Morgan fingerprint density at radius 1 is 1.17 bits per heavy atom. The first-order valence-electron chi connectivity index (χ1n) is 11.7. The molecule has 1 N–H and O–H groups in total. The second-order valence-corrected chi connectivity index (χ2v) is 9.45. The lowest BCUT2D eigenvalue weighted by molar-refractivity contribution is -0.139. The number of hydrogen-bond donors (Lipinski definition) is 1. The number of aromatic nitrogens is 3. The Hall–Kier alpha value is -2.97. The number of rotatable bonds is 10. The number of nitrogens with zero attached hydrogens (tertiary/aromatic N) is 3. The number of esters is 1. The van der Waals surface area contributed by atoms with Crippen LogP contribution in [-0.4, -0.2) is 33.9 Å². The van der Waals surface area contributed by atoms with E-state index in [1.807, 2.05) is 55.5 Å². The van der Waals surface area contributed by atoms with Gasteiger partial charge in [-0.05, 0) is 49.6 Å². The van der Waals surface area contributed by atoms with Gasteiger partial charge in [-0.1, -0.05) is 67.0 Å². The van der Waals surface area contributed by atoms with E-state index in [4.69, 9.17) is 26.2 Å². The van der Waals surface area contributed by atoms with E-state index < -0.39 is 6.04 Å². The SMILES string of the molecule is CCCCOc1ccc(C2C(C(=O)OCC)=C(C)Nc3nc(SCc4ccccc4Cl)nn32)cc1. The Morgan fingerprint density at radius 3 is 2.66 bits per heavy atom. The van der Waals surface area contributed by atoms with Crippen LogP contribution in [0.3, 0.4) is 0 Å². The molecule has 0 bridgehead atoms. The first-order chi connectivity index (χ1) is 17.0. The molecule has 0 fully saturated rings. The summed E-state index contributed by atoms with van der Waals surface area (Å²) in [5.74, 6) is 1.63. The molecule has 2 heterocycles. The van der Waals surface area contributed by atoms with Gasteiger partial charge in [-0.3, -0.25) is 0 Å². The van der Waals surface area contributed by atoms with Gasteiger partial charge in [-0.2, -0.15) is 4.98 Å². The second kappa shape index (κ2) is 11.6. The van der Waals surface area contributed by atoms with Crippen LogP contribution < -0.4 is 10.1 Å². The predicted octanol–water partition coefficient (Wildman–Crippen LogP) is 6.25. The predicted molar refractivity (Wildman–Crippen MR) is 139 cm³/mol. The Bertz CT molecular complexity index is 1210. The Kier molecular flexibility index (Phi) is 8.36.